The van der Waals surface area contributed by atoms with Gasteiger partial charge in [0.05, 0.1) is 13.7 Å². The average molecular weight is 525 g/mol. The second-order valence-electron chi connectivity index (χ2n) is 9.17. The minimum absolute atomic E-state index is 0.0239. The van der Waals surface area contributed by atoms with Crippen LogP contribution in [0.2, 0.25) is 10.0 Å². The highest BCUT2D eigenvalue weighted by Crippen LogP contribution is 2.50. The van der Waals surface area contributed by atoms with Crippen LogP contribution in [-0.4, -0.2) is 59.3 Å². The first-order valence-corrected chi connectivity index (χ1v) is 13.7. The monoisotopic (exact) mass is 524 g/mol. The number of carbonyl (C=O) groups excluding carboxylic acids is 3. The normalized spacial score (nSPS) is 25.3. The van der Waals surface area contributed by atoms with E-state index in [1.54, 1.807) is 23.1 Å². The summed E-state index contributed by atoms with van der Waals surface area (Å²) < 4.78 is 5.29. The van der Waals surface area contributed by atoms with E-state index in [9.17, 15) is 14.4 Å². The minimum Gasteiger partial charge on any atom is -0.468 e. The number of esters is 1. The van der Waals surface area contributed by atoms with Crippen LogP contribution in [0.1, 0.15) is 44.1 Å². The van der Waals surface area contributed by atoms with Gasteiger partial charge in [0.15, 0.2) is 0 Å². The van der Waals surface area contributed by atoms with Crippen molar-refractivity contribution in [1.82, 2.24) is 9.80 Å². The predicted octanol–water partition coefficient (Wildman–Crippen LogP) is 4.92. The summed E-state index contributed by atoms with van der Waals surface area (Å²) in [4.78, 5) is 43.7. The van der Waals surface area contributed by atoms with Crippen molar-refractivity contribution in [2.75, 3.05) is 31.7 Å². The van der Waals surface area contributed by atoms with Crippen molar-refractivity contribution in [1.29, 1.82) is 0 Å². The molecule has 0 unspecified atom stereocenters. The molecule has 9 heteroatoms. The molecule has 4 rings (SSSR count). The topological polar surface area (TPSA) is 66.9 Å². The maximum atomic E-state index is 13.8. The number of carbonyl (C=O) groups is 3. The number of likely N-dealkylation sites (tertiary alicyclic amines) is 1. The largest absolute Gasteiger partial charge is 0.468 e. The number of thioether (sulfide) groups is 1. The fourth-order valence-corrected chi connectivity index (χ4v) is 6.71. The summed E-state index contributed by atoms with van der Waals surface area (Å²) in [6, 6.07) is 5.19. The molecule has 0 saturated carbocycles. The maximum Gasteiger partial charge on any atom is 0.317 e. The van der Waals surface area contributed by atoms with Crippen LogP contribution in [0.5, 0.6) is 0 Å². The molecule has 1 aliphatic carbocycles. The Morgan fingerprint density at radius 2 is 1.97 bits per heavy atom. The fourth-order valence-electron chi connectivity index (χ4n) is 5.34. The number of amides is 2. The van der Waals surface area contributed by atoms with E-state index >= 15 is 0 Å². The van der Waals surface area contributed by atoms with Crippen LogP contribution in [-0.2, 0) is 25.7 Å². The molecule has 0 aromatic heterocycles. The van der Waals surface area contributed by atoms with Gasteiger partial charge >= 0.3 is 5.97 Å². The Balaban J connectivity index is 1.70. The molecule has 2 aliphatic heterocycles. The Bertz CT molecular complexity index is 995. The molecule has 0 radical (unpaired) electrons. The standard InChI is InChI=1S/C25H30Cl2N2O4S/c1-33-24(32)25-8-4-2-3-5-21(25)29(16-17-6-7-19(26)14-20(17)27)23(31)18(15-25)13-22(30)28-9-11-34-12-10-28/h5-7,14,18H,2-4,8-13,15-16H2,1H3/t18-,25+/m1/s1. The van der Waals surface area contributed by atoms with Gasteiger partial charge in [-0.25, -0.2) is 0 Å². The molecule has 2 saturated heterocycles. The van der Waals surface area contributed by atoms with Crippen LogP contribution in [0.3, 0.4) is 0 Å². The molecular formula is C25H30Cl2N2O4S. The van der Waals surface area contributed by atoms with Crippen LogP contribution in [0.25, 0.3) is 0 Å². The van der Waals surface area contributed by atoms with Crippen LogP contribution in [0, 0.1) is 11.3 Å². The summed E-state index contributed by atoms with van der Waals surface area (Å²) >= 11 is 14.4. The molecule has 0 spiro atoms. The van der Waals surface area contributed by atoms with Gasteiger partial charge in [0, 0.05) is 52.7 Å². The fraction of sp³-hybridized carbons (Fsp3) is 0.560. The van der Waals surface area contributed by atoms with Crippen molar-refractivity contribution in [3.8, 4) is 0 Å². The predicted molar refractivity (Wildman–Crippen MR) is 135 cm³/mol. The number of hydrogen-bond donors (Lipinski definition) is 0. The van der Waals surface area contributed by atoms with Crippen molar-refractivity contribution in [2.45, 2.75) is 45.1 Å². The third-order valence-corrected chi connectivity index (χ3v) is 8.62. The molecule has 0 bridgehead atoms. The molecule has 0 N–H and O–H groups in total. The van der Waals surface area contributed by atoms with Gasteiger partial charge in [0.2, 0.25) is 11.8 Å². The zero-order valence-electron chi connectivity index (χ0n) is 19.4. The van der Waals surface area contributed by atoms with Crippen LogP contribution < -0.4 is 0 Å². The molecule has 2 fully saturated rings. The van der Waals surface area contributed by atoms with E-state index in [-0.39, 0.29) is 30.7 Å². The Morgan fingerprint density at radius 3 is 2.68 bits per heavy atom. The Kier molecular flexibility index (Phi) is 8.16. The van der Waals surface area contributed by atoms with E-state index in [0.717, 1.165) is 36.3 Å². The van der Waals surface area contributed by atoms with Gasteiger partial charge in [-0.1, -0.05) is 41.8 Å². The molecule has 6 nitrogen and oxygen atoms in total. The van der Waals surface area contributed by atoms with Crippen molar-refractivity contribution >= 4 is 52.7 Å². The smallest absolute Gasteiger partial charge is 0.317 e. The number of allylic oxidation sites excluding steroid dienone is 1. The molecule has 2 atom stereocenters. The van der Waals surface area contributed by atoms with Crippen LogP contribution >= 0.6 is 35.0 Å². The second-order valence-corrected chi connectivity index (χ2v) is 11.2. The molecule has 1 aromatic carbocycles. The third-order valence-electron chi connectivity index (χ3n) is 7.09. The van der Waals surface area contributed by atoms with Gasteiger partial charge in [-0.15, -0.1) is 0 Å². The molecule has 1 aromatic rings. The lowest BCUT2D eigenvalue weighted by Gasteiger charge is -2.46. The number of nitrogens with zero attached hydrogens (tertiary/aromatic N) is 2. The number of piperidine rings is 1. The SMILES string of the molecule is COC(=O)[C@]12CCCCC=C1N(Cc1ccc(Cl)cc1Cl)C(=O)[C@H](CC(=O)N1CCSCC1)C2. The number of benzene rings is 1. The molecule has 2 amide bonds. The van der Waals surface area contributed by atoms with Crippen molar-refractivity contribution in [3.05, 3.63) is 45.6 Å². The van der Waals surface area contributed by atoms with E-state index in [4.69, 9.17) is 27.9 Å². The highest BCUT2D eigenvalue weighted by Gasteiger charge is 2.54. The first-order chi connectivity index (χ1) is 16.4. The van der Waals surface area contributed by atoms with Crippen molar-refractivity contribution in [2.24, 2.45) is 11.3 Å². The summed E-state index contributed by atoms with van der Waals surface area (Å²) in [5, 5.41) is 0.974. The lowest BCUT2D eigenvalue weighted by molar-refractivity contribution is -0.160. The van der Waals surface area contributed by atoms with Crippen molar-refractivity contribution < 1.29 is 19.1 Å². The first kappa shape index (κ1) is 25.4. The number of fused-ring (bicyclic) bond motifs is 1. The van der Waals surface area contributed by atoms with Gasteiger partial charge in [-0.05, 0) is 43.4 Å². The van der Waals surface area contributed by atoms with E-state index < -0.39 is 11.3 Å². The Hall–Kier alpha value is -1.70. The number of halogens is 2. The number of ether oxygens (including phenoxy) is 1. The molecular weight excluding hydrogens is 495 g/mol. The highest BCUT2D eigenvalue weighted by molar-refractivity contribution is 7.99. The quantitative estimate of drug-likeness (QED) is 0.511. The summed E-state index contributed by atoms with van der Waals surface area (Å²) in [6.07, 6.45) is 5.55. The molecule has 3 aliphatic rings. The third kappa shape index (κ3) is 5.12. The molecule has 2 heterocycles. The number of rotatable bonds is 5. The van der Waals surface area contributed by atoms with E-state index in [2.05, 4.69) is 0 Å². The van der Waals surface area contributed by atoms with Crippen LogP contribution in [0.15, 0.2) is 30.0 Å². The number of hydrogen-bond acceptors (Lipinski definition) is 5. The minimum atomic E-state index is -0.944. The molecule has 34 heavy (non-hydrogen) atoms. The van der Waals surface area contributed by atoms with Gasteiger partial charge in [0.25, 0.3) is 0 Å². The van der Waals surface area contributed by atoms with Crippen LogP contribution in [0.4, 0.5) is 0 Å². The summed E-state index contributed by atoms with van der Waals surface area (Å²) in [7, 11) is 1.39. The van der Waals surface area contributed by atoms with Gasteiger partial charge in [-0.2, -0.15) is 11.8 Å². The van der Waals surface area contributed by atoms with Gasteiger partial charge in [0.1, 0.15) is 5.41 Å². The maximum absolute atomic E-state index is 13.8. The zero-order valence-corrected chi connectivity index (χ0v) is 21.7. The van der Waals surface area contributed by atoms with Crippen molar-refractivity contribution in [3.63, 3.8) is 0 Å². The van der Waals surface area contributed by atoms with E-state index in [0.29, 0.717) is 41.7 Å². The first-order valence-electron chi connectivity index (χ1n) is 11.8. The lowest BCUT2D eigenvalue weighted by atomic mass is 9.69. The number of methoxy groups -OCH3 is 1. The molecule has 184 valence electrons. The summed E-state index contributed by atoms with van der Waals surface area (Å²) in [5.41, 5.74) is 0.482. The highest BCUT2D eigenvalue weighted by atomic mass is 35.5. The Labute approximate surface area is 215 Å². The zero-order chi connectivity index (χ0) is 24.3. The summed E-state index contributed by atoms with van der Waals surface area (Å²) in [5.74, 6) is 0.715. The average Bonchev–Trinajstić information content (AvgIpc) is 3.06. The Morgan fingerprint density at radius 1 is 1.21 bits per heavy atom. The van der Waals surface area contributed by atoms with Gasteiger partial charge < -0.3 is 14.5 Å². The van der Waals surface area contributed by atoms with E-state index in [1.807, 2.05) is 22.7 Å². The second kappa shape index (κ2) is 10.9. The summed E-state index contributed by atoms with van der Waals surface area (Å²) in [6.45, 7) is 1.61. The lowest BCUT2D eigenvalue weighted by Crippen LogP contribution is -2.53. The van der Waals surface area contributed by atoms with Gasteiger partial charge in [-0.3, -0.25) is 14.4 Å². The van der Waals surface area contributed by atoms with E-state index in [1.165, 1.54) is 7.11 Å².